The Bertz CT molecular complexity index is 1070. The number of likely N-dealkylation sites (tertiary alicyclic amines) is 1. The predicted octanol–water partition coefficient (Wildman–Crippen LogP) is 7.57. The molecule has 0 amide bonds. The molecule has 1 aromatic heterocycles. The second-order valence-electron chi connectivity index (χ2n) is 10.6. The zero-order valence-electron chi connectivity index (χ0n) is 22.2. The van der Waals surface area contributed by atoms with Crippen molar-refractivity contribution in [2.24, 2.45) is 5.92 Å². The fourth-order valence-electron chi connectivity index (χ4n) is 6.07. The maximum atomic E-state index is 15.4. The summed E-state index contributed by atoms with van der Waals surface area (Å²) in [7, 11) is 1.71. The van der Waals surface area contributed by atoms with Crippen molar-refractivity contribution in [3.63, 3.8) is 0 Å². The van der Waals surface area contributed by atoms with Crippen molar-refractivity contribution in [2.75, 3.05) is 26.7 Å². The summed E-state index contributed by atoms with van der Waals surface area (Å²) in [5, 5.41) is 1.36. The van der Waals surface area contributed by atoms with Gasteiger partial charge in [-0.1, -0.05) is 57.0 Å². The maximum absolute atomic E-state index is 15.4. The van der Waals surface area contributed by atoms with Crippen LogP contribution in [0.2, 0.25) is 0 Å². The van der Waals surface area contributed by atoms with Gasteiger partial charge in [-0.05, 0) is 87.4 Å². The highest BCUT2D eigenvalue weighted by atomic mass is 19.1. The zero-order valence-corrected chi connectivity index (χ0v) is 22.2. The van der Waals surface area contributed by atoms with Crippen LogP contribution in [-0.4, -0.2) is 41.9 Å². The van der Waals surface area contributed by atoms with Crippen molar-refractivity contribution in [3.8, 4) is 5.75 Å². The van der Waals surface area contributed by atoms with E-state index in [4.69, 9.17) is 4.74 Å². The molecule has 35 heavy (non-hydrogen) atoms. The Kier molecular flexibility index (Phi) is 8.54. The van der Waals surface area contributed by atoms with E-state index in [1.807, 2.05) is 12.1 Å². The summed E-state index contributed by atoms with van der Waals surface area (Å²) in [5.74, 6) is 1.54. The molecule has 4 rings (SSSR count). The lowest BCUT2D eigenvalue weighted by atomic mass is 9.91. The van der Waals surface area contributed by atoms with Gasteiger partial charge in [-0.15, -0.1) is 0 Å². The molecule has 3 nitrogen and oxygen atoms in total. The first-order valence-corrected chi connectivity index (χ1v) is 13.6. The van der Waals surface area contributed by atoms with Gasteiger partial charge in [-0.2, -0.15) is 0 Å². The molecular formula is C31H43FN2O. The average Bonchev–Trinajstić information content (AvgIpc) is 3.12. The molecule has 0 N–H and O–H groups in total. The molecule has 0 aliphatic carbocycles. The maximum Gasteiger partial charge on any atom is 0.123 e. The number of alkyl halides is 1. The monoisotopic (exact) mass is 478 g/mol. The molecule has 0 bridgehead atoms. The number of para-hydroxylation sites is 1. The first kappa shape index (κ1) is 25.8. The summed E-state index contributed by atoms with van der Waals surface area (Å²) >= 11 is 0. The van der Waals surface area contributed by atoms with Crippen molar-refractivity contribution in [1.29, 1.82) is 0 Å². The highest BCUT2D eigenvalue weighted by Crippen LogP contribution is 2.32. The highest BCUT2D eigenvalue weighted by Gasteiger charge is 2.32. The summed E-state index contributed by atoms with van der Waals surface area (Å²) in [4.78, 5) is 2.39. The van der Waals surface area contributed by atoms with Gasteiger partial charge in [0.15, 0.2) is 0 Å². The Hall–Kier alpha value is -2.33. The summed E-state index contributed by atoms with van der Waals surface area (Å²) in [6, 6.07) is 17.3. The molecule has 3 aromatic rings. The molecule has 0 unspecified atom stereocenters. The van der Waals surface area contributed by atoms with Gasteiger partial charge >= 0.3 is 0 Å². The normalized spacial score (nSPS) is 15.7. The summed E-state index contributed by atoms with van der Waals surface area (Å²) in [5.41, 5.74) is 4.42. The molecule has 190 valence electrons. The van der Waals surface area contributed by atoms with Crippen LogP contribution < -0.4 is 4.74 Å². The van der Waals surface area contributed by atoms with Crippen LogP contribution in [0.1, 0.15) is 69.2 Å². The first-order valence-electron chi connectivity index (χ1n) is 13.6. The number of benzene rings is 2. The number of hydrogen-bond acceptors (Lipinski definition) is 2. The lowest BCUT2D eigenvalue weighted by Crippen LogP contribution is -2.44. The molecule has 1 aliphatic rings. The number of aromatic nitrogens is 1. The molecule has 4 heteroatoms. The van der Waals surface area contributed by atoms with E-state index in [-0.39, 0.29) is 0 Å². The van der Waals surface area contributed by atoms with Crippen LogP contribution in [-0.2, 0) is 13.0 Å². The SMILES string of the molecule is CCCC(F)(CCC)CN1CCC(Cn2c(C)c(Cc3ccc(OC)cc3)c3ccccc32)CC1. The second-order valence-corrected chi connectivity index (χ2v) is 10.6. The second kappa shape index (κ2) is 11.6. The third-order valence-electron chi connectivity index (χ3n) is 7.95. The van der Waals surface area contributed by atoms with Gasteiger partial charge in [-0.3, -0.25) is 0 Å². The molecule has 2 aromatic carbocycles. The Morgan fingerprint density at radius 3 is 2.26 bits per heavy atom. The van der Waals surface area contributed by atoms with Gasteiger partial charge in [0.05, 0.1) is 7.11 Å². The average molecular weight is 479 g/mol. The number of fused-ring (bicyclic) bond motifs is 1. The van der Waals surface area contributed by atoms with E-state index in [0.717, 1.165) is 57.5 Å². The molecule has 1 saturated heterocycles. The largest absolute Gasteiger partial charge is 0.497 e. The van der Waals surface area contributed by atoms with E-state index in [1.165, 1.54) is 27.7 Å². The Morgan fingerprint density at radius 2 is 1.63 bits per heavy atom. The van der Waals surface area contributed by atoms with Gasteiger partial charge in [0.25, 0.3) is 0 Å². The number of piperidine rings is 1. The van der Waals surface area contributed by atoms with Crippen LogP contribution >= 0.6 is 0 Å². The Balaban J connectivity index is 1.46. The zero-order chi connectivity index (χ0) is 24.8. The minimum Gasteiger partial charge on any atom is -0.497 e. The van der Waals surface area contributed by atoms with E-state index in [0.29, 0.717) is 25.3 Å². The highest BCUT2D eigenvalue weighted by molar-refractivity contribution is 5.86. The van der Waals surface area contributed by atoms with Crippen molar-refractivity contribution in [3.05, 3.63) is 65.4 Å². The first-order chi connectivity index (χ1) is 17.0. The number of hydrogen-bond donors (Lipinski definition) is 0. The topological polar surface area (TPSA) is 17.4 Å². The molecule has 0 spiro atoms. The summed E-state index contributed by atoms with van der Waals surface area (Å²) in [6.45, 7) is 10.2. The standard InChI is InChI=1S/C31H43FN2O/c1-5-17-31(32,18-6-2)23-33-19-15-26(16-20-33)22-34-24(3)29(28-9-7-8-10-30(28)34)21-25-11-13-27(35-4)14-12-25/h7-14,26H,5-6,15-23H2,1-4H3. The van der Waals surface area contributed by atoms with Crippen LogP contribution in [0.5, 0.6) is 5.75 Å². The van der Waals surface area contributed by atoms with Crippen LogP contribution in [0, 0.1) is 12.8 Å². The minimum atomic E-state index is -1.01. The van der Waals surface area contributed by atoms with Crippen molar-refractivity contribution < 1.29 is 9.13 Å². The van der Waals surface area contributed by atoms with Crippen LogP contribution in [0.15, 0.2) is 48.5 Å². The lowest BCUT2D eigenvalue weighted by Gasteiger charge is -2.37. The quantitative estimate of drug-likeness (QED) is 0.283. The number of rotatable bonds is 11. The van der Waals surface area contributed by atoms with Gasteiger partial charge in [0, 0.05) is 29.7 Å². The molecular weight excluding hydrogens is 435 g/mol. The van der Waals surface area contributed by atoms with Crippen LogP contribution in [0.25, 0.3) is 10.9 Å². The van der Waals surface area contributed by atoms with Crippen LogP contribution in [0.3, 0.4) is 0 Å². The van der Waals surface area contributed by atoms with Crippen molar-refractivity contribution >= 4 is 10.9 Å². The summed E-state index contributed by atoms with van der Waals surface area (Å²) < 4.78 is 23.3. The van der Waals surface area contributed by atoms with E-state index < -0.39 is 5.67 Å². The third-order valence-corrected chi connectivity index (χ3v) is 7.95. The molecule has 1 fully saturated rings. The van der Waals surface area contributed by atoms with Gasteiger partial charge in [0.1, 0.15) is 11.4 Å². The van der Waals surface area contributed by atoms with Gasteiger partial charge in [-0.25, -0.2) is 4.39 Å². The minimum absolute atomic E-state index is 0.610. The Labute approximate surface area is 211 Å². The third kappa shape index (κ3) is 6.09. The van der Waals surface area contributed by atoms with E-state index in [1.54, 1.807) is 7.11 Å². The van der Waals surface area contributed by atoms with Crippen LogP contribution in [0.4, 0.5) is 4.39 Å². The molecule has 1 aliphatic heterocycles. The van der Waals surface area contributed by atoms with E-state index in [9.17, 15) is 0 Å². The predicted molar refractivity (Wildman–Crippen MR) is 145 cm³/mol. The molecule has 0 saturated carbocycles. The molecule has 0 atom stereocenters. The molecule has 2 heterocycles. The fraction of sp³-hybridized carbons (Fsp3) is 0.548. The number of nitrogens with zero attached hydrogens (tertiary/aromatic N) is 2. The smallest absolute Gasteiger partial charge is 0.123 e. The number of methoxy groups -OCH3 is 1. The van der Waals surface area contributed by atoms with Crippen molar-refractivity contribution in [1.82, 2.24) is 9.47 Å². The van der Waals surface area contributed by atoms with E-state index in [2.05, 4.69) is 66.6 Å². The fourth-order valence-corrected chi connectivity index (χ4v) is 6.07. The van der Waals surface area contributed by atoms with E-state index >= 15 is 4.39 Å². The van der Waals surface area contributed by atoms with Gasteiger partial charge in [0.2, 0.25) is 0 Å². The van der Waals surface area contributed by atoms with Crippen molar-refractivity contribution in [2.45, 2.75) is 77.9 Å². The summed E-state index contributed by atoms with van der Waals surface area (Å²) in [6.07, 6.45) is 6.44. The van der Waals surface area contributed by atoms with Gasteiger partial charge < -0.3 is 14.2 Å². The lowest BCUT2D eigenvalue weighted by molar-refractivity contribution is 0.0535. The number of halogens is 1. The molecule has 0 radical (unpaired) electrons. The Morgan fingerprint density at radius 1 is 0.971 bits per heavy atom. The number of ether oxygens (including phenoxy) is 1.